The van der Waals surface area contributed by atoms with Gasteiger partial charge < -0.3 is 10.5 Å². The van der Waals surface area contributed by atoms with E-state index in [0.717, 1.165) is 3.57 Å². The van der Waals surface area contributed by atoms with Crippen LogP contribution in [0, 0.1) is 3.57 Å². The number of hydrogen-bond acceptors (Lipinski definition) is 3. The van der Waals surface area contributed by atoms with Crippen LogP contribution in [-0.2, 0) is 0 Å². The topological polar surface area (TPSA) is 65.2 Å². The van der Waals surface area contributed by atoms with Crippen molar-refractivity contribution in [1.82, 2.24) is 4.98 Å². The van der Waals surface area contributed by atoms with Gasteiger partial charge in [-0.1, -0.05) is 12.1 Å². The lowest BCUT2D eigenvalue weighted by atomic mass is 10.2. The zero-order chi connectivity index (χ0) is 12.3. The fourth-order valence-corrected chi connectivity index (χ4v) is 1.76. The number of nitrogens with zero attached hydrogens (tertiary/aromatic N) is 1. The highest BCUT2D eigenvalue weighted by atomic mass is 127. The number of nitrogens with two attached hydrogens (primary N) is 1. The number of aromatic nitrogens is 1. The van der Waals surface area contributed by atoms with Crippen molar-refractivity contribution in [2.45, 2.75) is 0 Å². The molecule has 5 heteroatoms. The highest BCUT2D eigenvalue weighted by molar-refractivity contribution is 14.1. The van der Waals surface area contributed by atoms with Gasteiger partial charge in [0, 0.05) is 17.8 Å². The summed E-state index contributed by atoms with van der Waals surface area (Å²) in [6.45, 7) is 0. The first-order chi connectivity index (χ1) is 8.16. The van der Waals surface area contributed by atoms with Gasteiger partial charge in [-0.25, -0.2) is 4.98 Å². The Morgan fingerprint density at radius 3 is 2.76 bits per heavy atom. The SMILES string of the molecule is NC(=O)c1ccnc(Oc2ccccc2I)c1. The predicted octanol–water partition coefficient (Wildman–Crippen LogP) is 2.58. The second-order valence-corrected chi connectivity index (χ2v) is 4.44. The van der Waals surface area contributed by atoms with E-state index in [1.807, 2.05) is 24.3 Å². The van der Waals surface area contributed by atoms with Crippen molar-refractivity contribution in [2.75, 3.05) is 0 Å². The molecule has 0 bridgehead atoms. The number of primary amides is 1. The van der Waals surface area contributed by atoms with Gasteiger partial charge in [-0.05, 0) is 40.8 Å². The molecular weight excluding hydrogens is 331 g/mol. The van der Waals surface area contributed by atoms with E-state index >= 15 is 0 Å². The van der Waals surface area contributed by atoms with Crippen LogP contribution in [0.5, 0.6) is 11.6 Å². The monoisotopic (exact) mass is 340 g/mol. The number of halogens is 1. The van der Waals surface area contributed by atoms with Gasteiger partial charge >= 0.3 is 0 Å². The Bertz CT molecular complexity index is 558. The van der Waals surface area contributed by atoms with Crippen molar-refractivity contribution < 1.29 is 9.53 Å². The molecule has 0 atom stereocenters. The van der Waals surface area contributed by atoms with Gasteiger partial charge in [-0.2, -0.15) is 0 Å². The van der Waals surface area contributed by atoms with Crippen LogP contribution in [0.25, 0.3) is 0 Å². The predicted molar refractivity (Wildman–Crippen MR) is 72.0 cm³/mol. The average molecular weight is 340 g/mol. The second kappa shape index (κ2) is 5.13. The van der Waals surface area contributed by atoms with Gasteiger partial charge in [-0.15, -0.1) is 0 Å². The largest absolute Gasteiger partial charge is 0.438 e. The molecule has 17 heavy (non-hydrogen) atoms. The minimum absolute atomic E-state index is 0.352. The number of amides is 1. The molecule has 2 rings (SSSR count). The van der Waals surface area contributed by atoms with Crippen LogP contribution >= 0.6 is 22.6 Å². The molecule has 0 aliphatic heterocycles. The molecule has 0 saturated carbocycles. The van der Waals surface area contributed by atoms with Crippen LogP contribution in [-0.4, -0.2) is 10.9 Å². The van der Waals surface area contributed by atoms with Gasteiger partial charge in [0.25, 0.3) is 0 Å². The first kappa shape index (κ1) is 11.8. The smallest absolute Gasteiger partial charge is 0.248 e. The number of para-hydroxylation sites is 1. The van der Waals surface area contributed by atoms with Gasteiger partial charge in [0.1, 0.15) is 5.75 Å². The molecule has 0 radical (unpaired) electrons. The summed E-state index contributed by atoms with van der Waals surface area (Å²) in [6.07, 6.45) is 1.49. The lowest BCUT2D eigenvalue weighted by Gasteiger charge is -2.06. The molecule has 0 spiro atoms. The molecule has 0 saturated heterocycles. The van der Waals surface area contributed by atoms with E-state index in [1.165, 1.54) is 12.3 Å². The Balaban J connectivity index is 2.28. The van der Waals surface area contributed by atoms with Gasteiger partial charge in [0.2, 0.25) is 11.8 Å². The molecule has 0 fully saturated rings. The minimum atomic E-state index is -0.500. The summed E-state index contributed by atoms with van der Waals surface area (Å²) in [5.41, 5.74) is 5.56. The quantitative estimate of drug-likeness (QED) is 0.874. The van der Waals surface area contributed by atoms with Crippen LogP contribution in [0.3, 0.4) is 0 Å². The van der Waals surface area contributed by atoms with Crippen molar-refractivity contribution in [3.63, 3.8) is 0 Å². The molecule has 1 aromatic heterocycles. The molecule has 1 aromatic carbocycles. The zero-order valence-electron chi connectivity index (χ0n) is 8.76. The Labute approximate surface area is 112 Å². The highest BCUT2D eigenvalue weighted by Gasteiger charge is 2.05. The number of carbonyl (C=O) groups is 1. The van der Waals surface area contributed by atoms with E-state index < -0.39 is 5.91 Å². The van der Waals surface area contributed by atoms with Crippen LogP contribution < -0.4 is 10.5 Å². The number of hydrogen-bond donors (Lipinski definition) is 1. The normalized spacial score (nSPS) is 9.94. The Morgan fingerprint density at radius 2 is 2.06 bits per heavy atom. The van der Waals surface area contributed by atoms with Crippen LogP contribution in [0.4, 0.5) is 0 Å². The number of carbonyl (C=O) groups excluding carboxylic acids is 1. The fraction of sp³-hybridized carbons (Fsp3) is 0. The standard InChI is InChI=1S/C12H9IN2O2/c13-9-3-1-2-4-10(9)17-11-7-8(12(14)16)5-6-15-11/h1-7H,(H2,14,16). The fourth-order valence-electron chi connectivity index (χ4n) is 1.26. The maximum atomic E-state index is 11.0. The van der Waals surface area contributed by atoms with Crippen molar-refractivity contribution in [3.05, 3.63) is 51.7 Å². The average Bonchev–Trinajstić information content (AvgIpc) is 2.32. The number of ether oxygens (including phenoxy) is 1. The lowest BCUT2D eigenvalue weighted by molar-refractivity contribution is 0.1000. The third kappa shape index (κ3) is 2.94. The van der Waals surface area contributed by atoms with Crippen molar-refractivity contribution >= 4 is 28.5 Å². The van der Waals surface area contributed by atoms with Crippen molar-refractivity contribution in [3.8, 4) is 11.6 Å². The Hall–Kier alpha value is -1.63. The second-order valence-electron chi connectivity index (χ2n) is 3.28. The van der Waals surface area contributed by atoms with Gasteiger partial charge in [0.05, 0.1) is 3.57 Å². The molecular formula is C12H9IN2O2. The first-order valence-electron chi connectivity index (χ1n) is 4.85. The molecule has 1 amide bonds. The van der Waals surface area contributed by atoms with E-state index in [1.54, 1.807) is 6.07 Å². The van der Waals surface area contributed by atoms with Gasteiger partial charge in [0.15, 0.2) is 0 Å². The molecule has 2 N–H and O–H groups in total. The summed E-state index contributed by atoms with van der Waals surface area (Å²) >= 11 is 2.16. The third-order valence-corrected chi connectivity index (χ3v) is 2.96. The van der Waals surface area contributed by atoms with Crippen LogP contribution in [0.1, 0.15) is 10.4 Å². The summed E-state index contributed by atoms with van der Waals surface area (Å²) in [4.78, 5) is 15.0. The number of pyridine rings is 1. The van der Waals surface area contributed by atoms with E-state index in [9.17, 15) is 4.79 Å². The van der Waals surface area contributed by atoms with E-state index in [4.69, 9.17) is 10.5 Å². The Morgan fingerprint density at radius 1 is 1.29 bits per heavy atom. The van der Waals surface area contributed by atoms with Crippen LogP contribution in [0.15, 0.2) is 42.6 Å². The lowest BCUT2D eigenvalue weighted by Crippen LogP contribution is -2.10. The van der Waals surface area contributed by atoms with E-state index in [0.29, 0.717) is 17.2 Å². The molecule has 2 aromatic rings. The van der Waals surface area contributed by atoms with Crippen molar-refractivity contribution in [1.29, 1.82) is 0 Å². The molecule has 4 nitrogen and oxygen atoms in total. The maximum Gasteiger partial charge on any atom is 0.248 e. The summed E-state index contributed by atoms with van der Waals surface area (Å²) in [6, 6.07) is 10.6. The molecule has 86 valence electrons. The maximum absolute atomic E-state index is 11.0. The number of benzene rings is 1. The number of rotatable bonds is 3. The van der Waals surface area contributed by atoms with E-state index in [2.05, 4.69) is 27.6 Å². The first-order valence-corrected chi connectivity index (χ1v) is 5.93. The van der Waals surface area contributed by atoms with E-state index in [-0.39, 0.29) is 0 Å². The third-order valence-electron chi connectivity index (χ3n) is 2.07. The Kier molecular flexibility index (Phi) is 3.58. The zero-order valence-corrected chi connectivity index (χ0v) is 10.9. The summed E-state index contributed by atoms with van der Waals surface area (Å²) in [5.74, 6) is 0.549. The summed E-state index contributed by atoms with van der Waals surface area (Å²) in [5, 5.41) is 0. The van der Waals surface area contributed by atoms with Gasteiger partial charge in [-0.3, -0.25) is 4.79 Å². The minimum Gasteiger partial charge on any atom is -0.438 e. The molecule has 1 heterocycles. The molecule has 0 unspecified atom stereocenters. The highest BCUT2D eigenvalue weighted by Crippen LogP contribution is 2.25. The van der Waals surface area contributed by atoms with Crippen molar-refractivity contribution in [2.24, 2.45) is 5.73 Å². The summed E-state index contributed by atoms with van der Waals surface area (Å²) < 4.78 is 6.54. The molecule has 0 aliphatic carbocycles. The van der Waals surface area contributed by atoms with Crippen LogP contribution in [0.2, 0.25) is 0 Å². The molecule has 0 aliphatic rings. The summed E-state index contributed by atoms with van der Waals surface area (Å²) in [7, 11) is 0.